The fourth-order valence-electron chi connectivity index (χ4n) is 4.49. The van der Waals surface area contributed by atoms with Crippen molar-refractivity contribution < 1.29 is 18.7 Å². The number of para-hydroxylation sites is 1. The van der Waals surface area contributed by atoms with Gasteiger partial charge in [-0.1, -0.05) is 78.3 Å². The molecule has 0 N–H and O–H groups in total. The summed E-state index contributed by atoms with van der Waals surface area (Å²) in [6.45, 7) is 0.260. The molecule has 0 aliphatic carbocycles. The maximum atomic E-state index is 14.1. The second kappa shape index (κ2) is 9.80. The van der Waals surface area contributed by atoms with Crippen molar-refractivity contribution in [2.24, 2.45) is 0 Å². The molecule has 1 heterocycles. The number of amides is 1. The smallest absolute Gasteiger partial charge is 0.337 e. The Kier molecular flexibility index (Phi) is 6.40. The van der Waals surface area contributed by atoms with E-state index in [-0.39, 0.29) is 17.5 Å². The van der Waals surface area contributed by atoms with Gasteiger partial charge in [-0.2, -0.15) is 0 Å². The first kappa shape index (κ1) is 23.5. The minimum Gasteiger partial charge on any atom is -0.465 e. The van der Waals surface area contributed by atoms with Crippen LogP contribution in [0.2, 0.25) is 5.02 Å². The van der Waals surface area contributed by atoms with Gasteiger partial charge >= 0.3 is 5.97 Å². The largest absolute Gasteiger partial charge is 0.465 e. The van der Waals surface area contributed by atoms with Crippen molar-refractivity contribution in [3.8, 4) is 0 Å². The Morgan fingerprint density at radius 2 is 1.58 bits per heavy atom. The number of hydrogen-bond donors (Lipinski definition) is 0. The molecule has 4 aromatic rings. The van der Waals surface area contributed by atoms with Crippen molar-refractivity contribution in [3.63, 3.8) is 0 Å². The molecule has 0 radical (unpaired) electrons. The van der Waals surface area contributed by atoms with Crippen LogP contribution < -0.4 is 4.90 Å². The molecule has 0 fully saturated rings. The van der Waals surface area contributed by atoms with E-state index in [1.165, 1.54) is 13.2 Å². The lowest BCUT2D eigenvalue weighted by atomic mass is 9.90. The average Bonchev–Trinajstić information content (AvgIpc) is 3.18. The number of fused-ring (bicyclic) bond motifs is 1. The molecule has 0 bridgehead atoms. The SMILES string of the molecule is COC(=O)c1cccc(CN2C(=O)C(=C(c3ccccc3)c3ccc(F)c(Cl)c3)c3ccccc32)c1. The van der Waals surface area contributed by atoms with Crippen LogP contribution in [-0.2, 0) is 16.1 Å². The van der Waals surface area contributed by atoms with E-state index < -0.39 is 11.8 Å². The summed E-state index contributed by atoms with van der Waals surface area (Å²) < 4.78 is 18.9. The molecule has 36 heavy (non-hydrogen) atoms. The first-order valence-electron chi connectivity index (χ1n) is 11.3. The second-order valence-corrected chi connectivity index (χ2v) is 8.75. The monoisotopic (exact) mass is 497 g/mol. The summed E-state index contributed by atoms with van der Waals surface area (Å²) in [6.07, 6.45) is 0. The van der Waals surface area contributed by atoms with Crippen molar-refractivity contribution in [2.75, 3.05) is 12.0 Å². The van der Waals surface area contributed by atoms with Crippen LogP contribution in [0.25, 0.3) is 11.1 Å². The number of halogens is 2. The van der Waals surface area contributed by atoms with E-state index in [9.17, 15) is 14.0 Å². The maximum absolute atomic E-state index is 14.1. The van der Waals surface area contributed by atoms with Gasteiger partial charge in [0.2, 0.25) is 0 Å². The molecule has 0 unspecified atom stereocenters. The van der Waals surface area contributed by atoms with E-state index in [1.807, 2.05) is 60.7 Å². The Morgan fingerprint density at radius 1 is 0.861 bits per heavy atom. The molecule has 0 saturated carbocycles. The Morgan fingerprint density at radius 3 is 2.33 bits per heavy atom. The molecular weight excluding hydrogens is 477 g/mol. The van der Waals surface area contributed by atoms with Gasteiger partial charge in [-0.15, -0.1) is 0 Å². The fourth-order valence-corrected chi connectivity index (χ4v) is 4.67. The number of hydrogen-bond acceptors (Lipinski definition) is 3. The molecule has 0 atom stereocenters. The molecule has 0 aromatic heterocycles. The number of carbonyl (C=O) groups excluding carboxylic acids is 2. The maximum Gasteiger partial charge on any atom is 0.337 e. The van der Waals surface area contributed by atoms with E-state index in [0.29, 0.717) is 22.3 Å². The Bertz CT molecular complexity index is 1510. The van der Waals surface area contributed by atoms with Crippen molar-refractivity contribution in [3.05, 3.63) is 136 Å². The molecule has 1 amide bonds. The number of rotatable bonds is 5. The quantitative estimate of drug-likeness (QED) is 0.226. The summed E-state index contributed by atoms with van der Waals surface area (Å²) in [5, 5.41) is -0.0169. The summed E-state index contributed by atoms with van der Waals surface area (Å²) in [5.41, 5.74) is 5.34. The highest BCUT2D eigenvalue weighted by Crippen LogP contribution is 2.44. The molecule has 178 valence electrons. The zero-order chi connectivity index (χ0) is 25.2. The topological polar surface area (TPSA) is 46.6 Å². The minimum absolute atomic E-state index is 0.0169. The number of anilines is 1. The van der Waals surface area contributed by atoms with Gasteiger partial charge in [0.25, 0.3) is 5.91 Å². The van der Waals surface area contributed by atoms with Gasteiger partial charge in [0, 0.05) is 11.1 Å². The molecule has 4 nitrogen and oxygen atoms in total. The summed E-state index contributed by atoms with van der Waals surface area (Å²) in [7, 11) is 1.33. The van der Waals surface area contributed by atoms with Crippen molar-refractivity contribution in [2.45, 2.75) is 6.54 Å². The lowest BCUT2D eigenvalue weighted by molar-refractivity contribution is -0.113. The van der Waals surface area contributed by atoms with Crippen molar-refractivity contribution >= 4 is 40.3 Å². The molecule has 6 heteroatoms. The summed E-state index contributed by atoms with van der Waals surface area (Å²) >= 11 is 6.15. The van der Waals surface area contributed by atoms with Gasteiger partial charge in [0.15, 0.2) is 0 Å². The van der Waals surface area contributed by atoms with Crippen LogP contribution in [0.1, 0.15) is 32.6 Å². The van der Waals surface area contributed by atoms with Crippen molar-refractivity contribution in [1.82, 2.24) is 0 Å². The normalized spacial score (nSPS) is 14.0. The standard InChI is InChI=1S/C30H21ClFNO3/c1-36-30(35)22-11-7-8-19(16-22)18-33-26-13-6-5-12-23(26)28(29(33)34)27(20-9-3-2-4-10-20)21-14-15-25(32)24(31)17-21/h2-17H,18H2,1H3. The van der Waals surface area contributed by atoms with E-state index in [1.54, 1.807) is 35.2 Å². The summed E-state index contributed by atoms with van der Waals surface area (Å²) in [5.74, 6) is -1.16. The summed E-state index contributed by atoms with van der Waals surface area (Å²) in [4.78, 5) is 27.8. The highest BCUT2D eigenvalue weighted by Gasteiger charge is 2.35. The molecule has 0 spiro atoms. The minimum atomic E-state index is -0.525. The van der Waals surface area contributed by atoms with Crippen LogP contribution in [0.15, 0.2) is 97.1 Å². The number of ether oxygens (including phenoxy) is 1. The second-order valence-electron chi connectivity index (χ2n) is 8.35. The van der Waals surface area contributed by atoms with E-state index in [2.05, 4.69) is 0 Å². The van der Waals surface area contributed by atoms with Crippen LogP contribution in [0.3, 0.4) is 0 Å². The third-order valence-electron chi connectivity index (χ3n) is 6.13. The van der Waals surface area contributed by atoms with Gasteiger partial charge in [-0.05, 0) is 47.0 Å². The average molecular weight is 498 g/mol. The lowest BCUT2D eigenvalue weighted by Crippen LogP contribution is -2.26. The Labute approximate surface area is 213 Å². The fraction of sp³-hybridized carbons (Fsp3) is 0.0667. The third-order valence-corrected chi connectivity index (χ3v) is 6.42. The zero-order valence-corrected chi connectivity index (χ0v) is 20.1. The van der Waals surface area contributed by atoms with E-state index in [4.69, 9.17) is 16.3 Å². The van der Waals surface area contributed by atoms with Gasteiger partial charge in [0.1, 0.15) is 5.82 Å². The number of methoxy groups -OCH3 is 1. The van der Waals surface area contributed by atoms with Gasteiger partial charge < -0.3 is 9.64 Å². The molecule has 1 aliphatic rings. The van der Waals surface area contributed by atoms with Crippen LogP contribution in [0.5, 0.6) is 0 Å². The predicted molar refractivity (Wildman–Crippen MR) is 139 cm³/mol. The predicted octanol–water partition coefficient (Wildman–Crippen LogP) is 6.77. The number of benzene rings is 4. The number of carbonyl (C=O) groups is 2. The molecule has 4 aromatic carbocycles. The Balaban J connectivity index is 1.68. The molecule has 0 saturated heterocycles. The van der Waals surface area contributed by atoms with Crippen LogP contribution in [0.4, 0.5) is 10.1 Å². The molecule has 5 rings (SSSR count). The Hall–Kier alpha value is -4.22. The van der Waals surface area contributed by atoms with E-state index in [0.717, 1.165) is 22.4 Å². The van der Waals surface area contributed by atoms with Crippen LogP contribution >= 0.6 is 11.6 Å². The number of nitrogens with zero attached hydrogens (tertiary/aromatic N) is 1. The van der Waals surface area contributed by atoms with Crippen molar-refractivity contribution in [1.29, 1.82) is 0 Å². The highest BCUT2D eigenvalue weighted by molar-refractivity contribution is 6.39. The van der Waals surface area contributed by atoms with Crippen LogP contribution in [0, 0.1) is 5.82 Å². The lowest BCUT2D eigenvalue weighted by Gasteiger charge is -2.18. The number of esters is 1. The van der Waals surface area contributed by atoms with Gasteiger partial charge in [-0.3, -0.25) is 4.79 Å². The third kappa shape index (κ3) is 4.30. The first-order valence-corrected chi connectivity index (χ1v) is 11.7. The summed E-state index contributed by atoms with van der Waals surface area (Å²) in [6, 6.07) is 28.6. The van der Waals surface area contributed by atoms with Gasteiger partial charge in [0.05, 0.1) is 35.5 Å². The van der Waals surface area contributed by atoms with Gasteiger partial charge in [-0.25, -0.2) is 9.18 Å². The van der Waals surface area contributed by atoms with Crippen LogP contribution in [-0.4, -0.2) is 19.0 Å². The first-order chi connectivity index (χ1) is 17.5. The zero-order valence-electron chi connectivity index (χ0n) is 19.4. The molecule has 1 aliphatic heterocycles. The molecular formula is C30H21ClFNO3. The van der Waals surface area contributed by atoms with E-state index >= 15 is 0 Å². The highest BCUT2D eigenvalue weighted by atomic mass is 35.5.